The highest BCUT2D eigenvalue weighted by atomic mass is 16.5. The second kappa shape index (κ2) is 15.4. The van der Waals surface area contributed by atoms with E-state index in [9.17, 15) is 14.7 Å². The molecular formula is C30H44N4O5. The predicted octanol–water partition coefficient (Wildman–Crippen LogP) is 3.92. The molecule has 1 aliphatic rings. The number of ether oxygens (including phenoxy) is 2. The van der Waals surface area contributed by atoms with Crippen LogP contribution in [-0.2, 0) is 27.2 Å². The number of unbranched alkanes of at least 4 members (excludes halogenated alkanes) is 1. The van der Waals surface area contributed by atoms with Gasteiger partial charge in [0.15, 0.2) is 0 Å². The SMILES string of the molecule is COC(C)(C)CC(=O)NC(CCN(CCCCc1ccc2c(n1)NCCC2)CCOc1ccccc1)C(=O)O. The first-order valence-electron chi connectivity index (χ1n) is 14.0. The first kappa shape index (κ1) is 30.4. The number of hydrogen-bond donors (Lipinski definition) is 3. The quantitative estimate of drug-likeness (QED) is 0.259. The molecule has 9 heteroatoms. The molecule has 1 aliphatic heterocycles. The van der Waals surface area contributed by atoms with Crippen molar-refractivity contribution in [2.45, 2.75) is 70.4 Å². The number of carbonyl (C=O) groups is 2. The molecule has 2 heterocycles. The highest BCUT2D eigenvalue weighted by Crippen LogP contribution is 2.20. The van der Waals surface area contributed by atoms with Crippen LogP contribution in [0.5, 0.6) is 5.75 Å². The smallest absolute Gasteiger partial charge is 0.326 e. The third-order valence-corrected chi connectivity index (χ3v) is 7.03. The van der Waals surface area contributed by atoms with Crippen LogP contribution < -0.4 is 15.4 Å². The Labute approximate surface area is 232 Å². The van der Waals surface area contributed by atoms with Crippen LogP contribution in [0.1, 0.15) is 57.2 Å². The average Bonchev–Trinajstić information content (AvgIpc) is 2.92. The lowest BCUT2D eigenvalue weighted by molar-refractivity contribution is -0.143. The zero-order chi connectivity index (χ0) is 28.1. The molecule has 0 saturated carbocycles. The average molecular weight is 541 g/mol. The number of carbonyl (C=O) groups excluding carboxylic acids is 1. The third kappa shape index (κ3) is 10.8. The highest BCUT2D eigenvalue weighted by molar-refractivity contribution is 5.84. The van der Waals surface area contributed by atoms with Gasteiger partial charge < -0.3 is 25.2 Å². The molecule has 0 radical (unpaired) electrons. The Hall–Kier alpha value is -3.17. The van der Waals surface area contributed by atoms with Gasteiger partial charge in [0.05, 0.1) is 12.0 Å². The van der Waals surface area contributed by atoms with Crippen molar-refractivity contribution in [3.05, 3.63) is 53.7 Å². The molecule has 1 aromatic heterocycles. The van der Waals surface area contributed by atoms with E-state index in [0.717, 1.165) is 62.5 Å². The number of pyridine rings is 1. The Kier molecular flexibility index (Phi) is 12.0. The number of amides is 1. The molecule has 0 bridgehead atoms. The number of aromatic nitrogens is 1. The van der Waals surface area contributed by atoms with Crippen molar-refractivity contribution < 1.29 is 24.2 Å². The highest BCUT2D eigenvalue weighted by Gasteiger charge is 2.26. The number of nitrogens with zero attached hydrogens (tertiary/aromatic N) is 2. The Bertz CT molecular complexity index is 1050. The van der Waals surface area contributed by atoms with Crippen molar-refractivity contribution in [2.75, 3.05) is 45.2 Å². The molecule has 214 valence electrons. The summed E-state index contributed by atoms with van der Waals surface area (Å²) in [4.78, 5) is 31.3. The van der Waals surface area contributed by atoms with Crippen LogP contribution in [0.4, 0.5) is 5.82 Å². The summed E-state index contributed by atoms with van der Waals surface area (Å²) in [6.45, 7) is 7.06. The number of anilines is 1. The van der Waals surface area contributed by atoms with Crippen LogP contribution in [0.2, 0.25) is 0 Å². The van der Waals surface area contributed by atoms with E-state index in [4.69, 9.17) is 14.5 Å². The molecule has 1 aromatic carbocycles. The molecule has 9 nitrogen and oxygen atoms in total. The monoisotopic (exact) mass is 540 g/mol. The van der Waals surface area contributed by atoms with Gasteiger partial charge in [-0.15, -0.1) is 0 Å². The van der Waals surface area contributed by atoms with E-state index >= 15 is 0 Å². The lowest BCUT2D eigenvalue weighted by Crippen LogP contribution is -2.45. The number of nitrogens with one attached hydrogen (secondary N) is 2. The number of carboxylic acid groups (broad SMARTS) is 1. The van der Waals surface area contributed by atoms with Crippen molar-refractivity contribution in [1.82, 2.24) is 15.2 Å². The Morgan fingerprint density at radius 3 is 2.67 bits per heavy atom. The fraction of sp³-hybridized carbons (Fsp3) is 0.567. The molecule has 0 aliphatic carbocycles. The number of carboxylic acids is 1. The molecule has 0 fully saturated rings. The normalized spacial score (nSPS) is 13.8. The van der Waals surface area contributed by atoms with Gasteiger partial charge in [-0.05, 0) is 82.7 Å². The molecule has 1 unspecified atom stereocenters. The topological polar surface area (TPSA) is 113 Å². The molecule has 1 atom stereocenters. The standard InChI is InChI=1S/C30H44N4O5/c1-30(2,38-3)22-27(35)33-26(29(36)37)16-19-34(20-21-39-25-12-5-4-6-13-25)18-8-7-11-24-15-14-23-10-9-17-31-28(23)32-24/h4-6,12-15,26H,7-11,16-22H2,1-3H3,(H,31,32)(H,33,35)(H,36,37). The Balaban J connectivity index is 1.51. The largest absolute Gasteiger partial charge is 0.492 e. The van der Waals surface area contributed by atoms with E-state index in [1.807, 2.05) is 30.3 Å². The molecule has 3 N–H and O–H groups in total. The van der Waals surface area contributed by atoms with Gasteiger partial charge in [0, 0.05) is 32.4 Å². The number of aliphatic carboxylic acids is 1. The second-order valence-corrected chi connectivity index (χ2v) is 10.7. The summed E-state index contributed by atoms with van der Waals surface area (Å²) < 4.78 is 11.2. The van der Waals surface area contributed by atoms with E-state index in [0.29, 0.717) is 26.1 Å². The summed E-state index contributed by atoms with van der Waals surface area (Å²) in [6, 6.07) is 13.0. The predicted molar refractivity (Wildman–Crippen MR) is 152 cm³/mol. The summed E-state index contributed by atoms with van der Waals surface area (Å²) in [5, 5.41) is 15.8. The Morgan fingerprint density at radius 1 is 1.13 bits per heavy atom. The van der Waals surface area contributed by atoms with E-state index in [1.165, 1.54) is 12.7 Å². The summed E-state index contributed by atoms with van der Waals surface area (Å²) in [7, 11) is 1.54. The second-order valence-electron chi connectivity index (χ2n) is 10.7. The van der Waals surface area contributed by atoms with Crippen molar-refractivity contribution in [3.8, 4) is 5.75 Å². The molecule has 1 amide bonds. The maximum atomic E-state index is 12.4. The minimum atomic E-state index is -1.04. The van der Waals surface area contributed by atoms with Crippen LogP contribution in [-0.4, -0.2) is 78.4 Å². The van der Waals surface area contributed by atoms with E-state index < -0.39 is 17.6 Å². The molecular weight excluding hydrogens is 496 g/mol. The van der Waals surface area contributed by atoms with Crippen molar-refractivity contribution in [3.63, 3.8) is 0 Å². The van der Waals surface area contributed by atoms with E-state index in [1.54, 1.807) is 13.8 Å². The van der Waals surface area contributed by atoms with Gasteiger partial charge in [0.25, 0.3) is 0 Å². The lowest BCUT2D eigenvalue weighted by atomic mass is 10.0. The molecule has 39 heavy (non-hydrogen) atoms. The summed E-state index contributed by atoms with van der Waals surface area (Å²) in [5.74, 6) is 0.460. The van der Waals surface area contributed by atoms with Gasteiger partial charge in [0.1, 0.15) is 24.2 Å². The first-order chi connectivity index (χ1) is 18.8. The van der Waals surface area contributed by atoms with Gasteiger partial charge in [-0.3, -0.25) is 9.69 Å². The van der Waals surface area contributed by atoms with Crippen molar-refractivity contribution in [1.29, 1.82) is 0 Å². The van der Waals surface area contributed by atoms with Crippen LogP contribution >= 0.6 is 0 Å². The molecule has 2 aromatic rings. The molecule has 3 rings (SSSR count). The van der Waals surface area contributed by atoms with Crippen molar-refractivity contribution >= 4 is 17.7 Å². The number of methoxy groups -OCH3 is 1. The minimum Gasteiger partial charge on any atom is -0.492 e. The maximum absolute atomic E-state index is 12.4. The third-order valence-electron chi connectivity index (χ3n) is 7.03. The molecule has 0 spiro atoms. The number of hydrogen-bond acceptors (Lipinski definition) is 7. The van der Waals surface area contributed by atoms with Gasteiger partial charge >= 0.3 is 5.97 Å². The zero-order valence-corrected chi connectivity index (χ0v) is 23.6. The first-order valence-corrected chi connectivity index (χ1v) is 14.0. The van der Waals surface area contributed by atoms with Crippen LogP contribution in [0.25, 0.3) is 0 Å². The maximum Gasteiger partial charge on any atom is 0.326 e. The van der Waals surface area contributed by atoms with Crippen LogP contribution in [0.3, 0.4) is 0 Å². The summed E-state index contributed by atoms with van der Waals surface area (Å²) in [5.41, 5.74) is 1.73. The number of rotatable bonds is 17. The Morgan fingerprint density at radius 2 is 1.92 bits per heavy atom. The fourth-order valence-electron chi connectivity index (χ4n) is 4.57. The van der Waals surface area contributed by atoms with Crippen molar-refractivity contribution in [2.24, 2.45) is 0 Å². The van der Waals surface area contributed by atoms with Gasteiger partial charge in [-0.25, -0.2) is 9.78 Å². The zero-order valence-electron chi connectivity index (χ0n) is 23.6. The summed E-state index contributed by atoms with van der Waals surface area (Å²) >= 11 is 0. The fourth-order valence-corrected chi connectivity index (χ4v) is 4.57. The van der Waals surface area contributed by atoms with Gasteiger partial charge in [0.2, 0.25) is 5.91 Å². The number of benzene rings is 1. The van der Waals surface area contributed by atoms with Gasteiger partial charge in [-0.1, -0.05) is 24.3 Å². The van der Waals surface area contributed by atoms with E-state index in [2.05, 4.69) is 27.7 Å². The molecule has 0 saturated heterocycles. The van der Waals surface area contributed by atoms with Crippen LogP contribution in [0.15, 0.2) is 42.5 Å². The van der Waals surface area contributed by atoms with Gasteiger partial charge in [-0.2, -0.15) is 0 Å². The number of para-hydroxylation sites is 1. The lowest BCUT2D eigenvalue weighted by Gasteiger charge is -2.26. The summed E-state index contributed by atoms with van der Waals surface area (Å²) in [6.07, 6.45) is 5.45. The number of fused-ring (bicyclic) bond motifs is 1. The van der Waals surface area contributed by atoms with E-state index in [-0.39, 0.29) is 12.3 Å². The minimum absolute atomic E-state index is 0.0914. The van der Waals surface area contributed by atoms with Crippen LogP contribution in [0, 0.1) is 0 Å². The number of aryl methyl sites for hydroxylation is 2.